The van der Waals surface area contributed by atoms with Crippen molar-refractivity contribution >= 4 is 15.9 Å². The van der Waals surface area contributed by atoms with Gasteiger partial charge in [0.2, 0.25) is 10.0 Å². The Kier molecular flexibility index (Phi) is 4.71. The van der Waals surface area contributed by atoms with E-state index in [1.807, 2.05) is 30.3 Å². The molecule has 2 N–H and O–H groups in total. The fourth-order valence-corrected chi connectivity index (χ4v) is 2.19. The number of carbonyl (C=O) groups is 1. The maximum Gasteiger partial charge on any atom is 0.273 e. The number of nitrogens with zero attached hydrogens (tertiary/aromatic N) is 1. The zero-order valence-corrected chi connectivity index (χ0v) is 12.2. The van der Waals surface area contributed by atoms with Crippen molar-refractivity contribution in [2.75, 3.05) is 19.3 Å². The molecule has 0 fully saturated rings. The van der Waals surface area contributed by atoms with Crippen LogP contribution in [0.5, 0.6) is 0 Å². The molecular weight excluding hydrogens is 294 g/mol. The summed E-state index contributed by atoms with van der Waals surface area (Å²) < 4.78 is 29.7. The zero-order valence-electron chi connectivity index (χ0n) is 11.4. The molecule has 0 unspecified atom stereocenters. The minimum Gasteiger partial charge on any atom is -0.355 e. The van der Waals surface area contributed by atoms with Crippen LogP contribution < -0.4 is 10.0 Å². The SMILES string of the molecule is CNS(=O)(=O)CCNC(=O)c1cc(-c2ccccc2)on1. The van der Waals surface area contributed by atoms with Crippen LogP contribution in [0.1, 0.15) is 10.5 Å². The number of rotatable bonds is 6. The summed E-state index contributed by atoms with van der Waals surface area (Å²) in [6.45, 7) is -0.00443. The predicted molar refractivity (Wildman–Crippen MR) is 77.1 cm³/mol. The third-order valence-corrected chi connectivity index (χ3v) is 4.13. The number of benzene rings is 1. The van der Waals surface area contributed by atoms with Crippen LogP contribution in [0.15, 0.2) is 40.9 Å². The van der Waals surface area contributed by atoms with E-state index >= 15 is 0 Å². The lowest BCUT2D eigenvalue weighted by atomic mass is 10.1. The average molecular weight is 309 g/mol. The van der Waals surface area contributed by atoms with Gasteiger partial charge < -0.3 is 9.84 Å². The van der Waals surface area contributed by atoms with Gasteiger partial charge >= 0.3 is 0 Å². The van der Waals surface area contributed by atoms with Gasteiger partial charge in [0.05, 0.1) is 5.75 Å². The van der Waals surface area contributed by atoms with Crippen molar-refractivity contribution in [3.8, 4) is 11.3 Å². The maximum atomic E-state index is 11.8. The molecule has 0 aliphatic carbocycles. The normalized spacial score (nSPS) is 11.3. The predicted octanol–water partition coefficient (Wildman–Crippen LogP) is 0.621. The summed E-state index contributed by atoms with van der Waals surface area (Å²) >= 11 is 0. The molecule has 0 spiro atoms. The highest BCUT2D eigenvalue weighted by atomic mass is 32.2. The van der Waals surface area contributed by atoms with E-state index in [4.69, 9.17) is 4.52 Å². The second-order valence-electron chi connectivity index (χ2n) is 4.22. The summed E-state index contributed by atoms with van der Waals surface area (Å²) in [7, 11) is -2.02. The van der Waals surface area contributed by atoms with Crippen molar-refractivity contribution in [2.45, 2.75) is 0 Å². The highest BCUT2D eigenvalue weighted by Gasteiger charge is 2.14. The first-order valence-electron chi connectivity index (χ1n) is 6.23. The number of aromatic nitrogens is 1. The third-order valence-electron chi connectivity index (χ3n) is 2.77. The number of hydrogen-bond donors (Lipinski definition) is 2. The fraction of sp³-hybridized carbons (Fsp3) is 0.231. The second kappa shape index (κ2) is 6.51. The van der Waals surface area contributed by atoms with Crippen LogP contribution in [0.4, 0.5) is 0 Å². The van der Waals surface area contributed by atoms with Gasteiger partial charge in [-0.05, 0) is 7.05 Å². The third kappa shape index (κ3) is 4.14. The first-order valence-corrected chi connectivity index (χ1v) is 7.88. The number of nitrogens with one attached hydrogen (secondary N) is 2. The Balaban J connectivity index is 1.97. The van der Waals surface area contributed by atoms with Crippen LogP contribution in [0.3, 0.4) is 0 Å². The van der Waals surface area contributed by atoms with Crippen molar-refractivity contribution in [2.24, 2.45) is 0 Å². The van der Waals surface area contributed by atoms with E-state index in [1.54, 1.807) is 0 Å². The minimum absolute atomic E-state index is 0.00443. The van der Waals surface area contributed by atoms with Gasteiger partial charge in [-0.2, -0.15) is 0 Å². The molecule has 1 amide bonds. The Bertz CT molecular complexity index is 710. The van der Waals surface area contributed by atoms with Crippen LogP contribution >= 0.6 is 0 Å². The molecule has 2 aromatic rings. The van der Waals surface area contributed by atoms with E-state index in [2.05, 4.69) is 15.2 Å². The van der Waals surface area contributed by atoms with Crippen LogP contribution in [0.2, 0.25) is 0 Å². The molecule has 0 radical (unpaired) electrons. The van der Waals surface area contributed by atoms with Crippen molar-refractivity contribution in [1.29, 1.82) is 0 Å². The minimum atomic E-state index is -3.34. The molecule has 8 heteroatoms. The van der Waals surface area contributed by atoms with Crippen LogP contribution in [0.25, 0.3) is 11.3 Å². The summed E-state index contributed by atoms with van der Waals surface area (Å²) in [5, 5.41) is 6.15. The summed E-state index contributed by atoms with van der Waals surface area (Å²) in [5.74, 6) is -0.200. The Morgan fingerprint density at radius 1 is 1.29 bits per heavy atom. The molecule has 1 aromatic heterocycles. The van der Waals surface area contributed by atoms with Gasteiger partial charge in [0.25, 0.3) is 5.91 Å². The molecule has 2 rings (SSSR count). The van der Waals surface area contributed by atoms with Crippen LogP contribution in [-0.2, 0) is 10.0 Å². The highest BCUT2D eigenvalue weighted by Crippen LogP contribution is 2.19. The van der Waals surface area contributed by atoms with Crippen LogP contribution in [0, 0.1) is 0 Å². The van der Waals surface area contributed by atoms with Crippen LogP contribution in [-0.4, -0.2) is 38.8 Å². The van der Waals surface area contributed by atoms with E-state index in [1.165, 1.54) is 13.1 Å². The molecule has 21 heavy (non-hydrogen) atoms. The van der Waals surface area contributed by atoms with E-state index in [-0.39, 0.29) is 18.0 Å². The number of carbonyl (C=O) groups excluding carboxylic acids is 1. The molecule has 0 atom stereocenters. The van der Waals surface area contributed by atoms with E-state index in [0.29, 0.717) is 5.76 Å². The lowest BCUT2D eigenvalue weighted by molar-refractivity contribution is 0.0947. The fourth-order valence-electron chi connectivity index (χ4n) is 1.61. The first-order chi connectivity index (χ1) is 10.0. The maximum absolute atomic E-state index is 11.8. The number of sulfonamides is 1. The molecule has 1 heterocycles. The Morgan fingerprint density at radius 2 is 2.00 bits per heavy atom. The number of hydrogen-bond acceptors (Lipinski definition) is 5. The van der Waals surface area contributed by atoms with Gasteiger partial charge in [-0.25, -0.2) is 13.1 Å². The largest absolute Gasteiger partial charge is 0.355 e. The van der Waals surface area contributed by atoms with Gasteiger partial charge in [-0.3, -0.25) is 4.79 Å². The summed E-state index contributed by atoms with van der Waals surface area (Å²) in [6.07, 6.45) is 0. The lowest BCUT2D eigenvalue weighted by Crippen LogP contribution is -2.33. The molecule has 112 valence electrons. The second-order valence-corrected chi connectivity index (χ2v) is 6.27. The summed E-state index contributed by atoms with van der Waals surface area (Å²) in [5.41, 5.74) is 0.914. The molecule has 1 aromatic carbocycles. The Labute approximate surface area is 122 Å². The molecule has 7 nitrogen and oxygen atoms in total. The average Bonchev–Trinajstić information content (AvgIpc) is 2.98. The van der Waals surface area contributed by atoms with E-state index in [0.717, 1.165) is 5.56 Å². The van der Waals surface area contributed by atoms with Crippen molar-refractivity contribution in [3.63, 3.8) is 0 Å². The van der Waals surface area contributed by atoms with Gasteiger partial charge in [0.15, 0.2) is 11.5 Å². The van der Waals surface area contributed by atoms with E-state index in [9.17, 15) is 13.2 Å². The summed E-state index contributed by atoms with van der Waals surface area (Å²) in [6, 6.07) is 10.7. The van der Waals surface area contributed by atoms with Crippen molar-refractivity contribution in [1.82, 2.24) is 15.2 Å². The molecular formula is C13H15N3O4S. The first kappa shape index (κ1) is 15.2. The topological polar surface area (TPSA) is 101 Å². The van der Waals surface area contributed by atoms with Gasteiger partial charge in [0.1, 0.15) is 0 Å². The van der Waals surface area contributed by atoms with Crippen molar-refractivity contribution in [3.05, 3.63) is 42.1 Å². The van der Waals surface area contributed by atoms with Crippen molar-refractivity contribution < 1.29 is 17.7 Å². The quantitative estimate of drug-likeness (QED) is 0.814. The Morgan fingerprint density at radius 3 is 2.67 bits per heavy atom. The number of amides is 1. The smallest absolute Gasteiger partial charge is 0.273 e. The molecule has 0 bridgehead atoms. The summed E-state index contributed by atoms with van der Waals surface area (Å²) in [4.78, 5) is 11.8. The lowest BCUT2D eigenvalue weighted by Gasteiger charge is -2.03. The van der Waals surface area contributed by atoms with Gasteiger partial charge in [0, 0.05) is 18.2 Å². The standard InChI is InChI=1S/C13H15N3O4S/c1-14-21(18,19)8-7-15-13(17)11-9-12(20-16-11)10-5-3-2-4-6-10/h2-6,9,14H,7-8H2,1H3,(H,15,17). The molecule has 0 aliphatic rings. The molecule has 0 saturated carbocycles. The van der Waals surface area contributed by atoms with Gasteiger partial charge in [-0.1, -0.05) is 35.5 Å². The highest BCUT2D eigenvalue weighted by molar-refractivity contribution is 7.89. The zero-order chi connectivity index (χ0) is 15.3. The van der Waals surface area contributed by atoms with E-state index < -0.39 is 15.9 Å². The monoisotopic (exact) mass is 309 g/mol. The van der Waals surface area contributed by atoms with Gasteiger partial charge in [-0.15, -0.1) is 0 Å². The molecule has 0 aliphatic heterocycles. The Hall–Kier alpha value is -2.19. The molecule has 0 saturated heterocycles.